The lowest BCUT2D eigenvalue weighted by atomic mass is 10.2. The maximum absolute atomic E-state index is 12.3. The Balaban J connectivity index is 2.01. The van der Waals surface area contributed by atoms with Crippen molar-refractivity contribution in [2.75, 3.05) is 19.5 Å². The Morgan fingerprint density at radius 2 is 1.74 bits per heavy atom. The van der Waals surface area contributed by atoms with Gasteiger partial charge in [0, 0.05) is 21.7 Å². The lowest BCUT2D eigenvalue weighted by Gasteiger charge is -2.14. The Labute approximate surface area is 145 Å². The molecule has 2 aromatic carbocycles. The molecule has 0 fully saturated rings. The normalized spacial score (nSPS) is 11.7. The van der Waals surface area contributed by atoms with Crippen LogP contribution in [0, 0.1) is 0 Å². The Hall–Kier alpha value is -1.85. The molecule has 6 heteroatoms. The summed E-state index contributed by atoms with van der Waals surface area (Å²) in [7, 11) is 3.13. The van der Waals surface area contributed by atoms with Gasteiger partial charge in [-0.2, -0.15) is 0 Å². The summed E-state index contributed by atoms with van der Waals surface area (Å²) in [5.41, 5.74) is 0.663. The number of benzene rings is 2. The lowest BCUT2D eigenvalue weighted by molar-refractivity contribution is -0.115. The Bertz CT molecular complexity index is 676. The number of amides is 1. The average molecular weight is 352 g/mol. The molecule has 1 amide bonds. The van der Waals surface area contributed by atoms with Crippen LogP contribution in [0.3, 0.4) is 0 Å². The van der Waals surface area contributed by atoms with Crippen molar-refractivity contribution >= 4 is 35.0 Å². The highest BCUT2D eigenvalue weighted by Crippen LogP contribution is 2.30. The largest absolute Gasteiger partial charge is 0.493 e. The molecule has 0 bridgehead atoms. The zero-order valence-corrected chi connectivity index (χ0v) is 14.7. The van der Waals surface area contributed by atoms with E-state index in [1.54, 1.807) is 32.4 Å². The minimum Gasteiger partial charge on any atom is -0.493 e. The minimum atomic E-state index is -0.246. The number of ether oxygens (including phenoxy) is 2. The molecule has 0 heterocycles. The van der Waals surface area contributed by atoms with Crippen molar-refractivity contribution in [3.63, 3.8) is 0 Å². The molecule has 0 aromatic heterocycles. The summed E-state index contributed by atoms with van der Waals surface area (Å²) in [4.78, 5) is 13.3. The molecule has 0 spiro atoms. The van der Waals surface area contributed by atoms with E-state index in [-0.39, 0.29) is 11.2 Å². The van der Waals surface area contributed by atoms with Gasteiger partial charge in [0.25, 0.3) is 0 Å². The van der Waals surface area contributed by atoms with E-state index < -0.39 is 0 Å². The third-order valence-electron chi connectivity index (χ3n) is 3.15. The van der Waals surface area contributed by atoms with Gasteiger partial charge in [0.15, 0.2) is 11.5 Å². The summed E-state index contributed by atoms with van der Waals surface area (Å²) < 4.78 is 10.4. The van der Waals surface area contributed by atoms with Gasteiger partial charge in [-0.3, -0.25) is 4.79 Å². The van der Waals surface area contributed by atoms with E-state index in [1.807, 2.05) is 31.2 Å². The molecule has 0 aliphatic carbocycles. The van der Waals surface area contributed by atoms with Crippen LogP contribution in [0.4, 0.5) is 5.69 Å². The number of nitrogens with one attached hydrogen (secondary N) is 1. The predicted octanol–water partition coefficient (Wildman–Crippen LogP) is 4.48. The van der Waals surface area contributed by atoms with Crippen LogP contribution >= 0.6 is 23.4 Å². The quantitative estimate of drug-likeness (QED) is 0.780. The zero-order chi connectivity index (χ0) is 16.8. The highest BCUT2D eigenvalue weighted by Gasteiger charge is 2.15. The molecule has 23 heavy (non-hydrogen) atoms. The summed E-state index contributed by atoms with van der Waals surface area (Å²) in [5.74, 6) is 1.11. The van der Waals surface area contributed by atoms with Crippen molar-refractivity contribution in [3.05, 3.63) is 47.5 Å². The number of halogens is 1. The fraction of sp³-hybridized carbons (Fsp3) is 0.235. The predicted molar refractivity (Wildman–Crippen MR) is 94.9 cm³/mol. The summed E-state index contributed by atoms with van der Waals surface area (Å²) in [5, 5.41) is 3.31. The number of hydrogen-bond acceptors (Lipinski definition) is 4. The average Bonchev–Trinajstić information content (AvgIpc) is 2.56. The maximum atomic E-state index is 12.3. The van der Waals surface area contributed by atoms with Gasteiger partial charge in [-0.05, 0) is 43.3 Å². The van der Waals surface area contributed by atoms with Crippen molar-refractivity contribution < 1.29 is 14.3 Å². The molecule has 1 N–H and O–H groups in total. The fourth-order valence-electron chi connectivity index (χ4n) is 1.93. The van der Waals surface area contributed by atoms with E-state index in [2.05, 4.69) is 5.32 Å². The van der Waals surface area contributed by atoms with Crippen LogP contribution in [-0.2, 0) is 4.79 Å². The molecule has 4 nitrogen and oxygen atoms in total. The van der Waals surface area contributed by atoms with Gasteiger partial charge >= 0.3 is 0 Å². The highest BCUT2D eigenvalue weighted by atomic mass is 35.5. The smallest absolute Gasteiger partial charge is 0.237 e. The van der Waals surface area contributed by atoms with Crippen LogP contribution < -0.4 is 14.8 Å². The minimum absolute atomic E-state index is 0.0860. The zero-order valence-electron chi connectivity index (χ0n) is 13.1. The number of thioether (sulfide) groups is 1. The van der Waals surface area contributed by atoms with Crippen molar-refractivity contribution in [1.82, 2.24) is 0 Å². The Morgan fingerprint density at radius 3 is 2.35 bits per heavy atom. The topological polar surface area (TPSA) is 47.6 Å². The van der Waals surface area contributed by atoms with Crippen LogP contribution in [0.2, 0.25) is 5.02 Å². The summed E-state index contributed by atoms with van der Waals surface area (Å²) >= 11 is 7.33. The van der Waals surface area contributed by atoms with E-state index in [9.17, 15) is 4.79 Å². The van der Waals surface area contributed by atoms with Gasteiger partial charge in [0.2, 0.25) is 5.91 Å². The lowest BCUT2D eigenvalue weighted by Crippen LogP contribution is -2.22. The van der Waals surface area contributed by atoms with E-state index in [0.717, 1.165) is 4.90 Å². The Morgan fingerprint density at radius 1 is 1.09 bits per heavy atom. The summed E-state index contributed by atoms with van der Waals surface area (Å²) in [6.45, 7) is 1.86. The fourth-order valence-corrected chi connectivity index (χ4v) is 2.92. The molecule has 0 saturated carbocycles. The van der Waals surface area contributed by atoms with Crippen LogP contribution in [0.15, 0.2) is 47.4 Å². The second-order valence-electron chi connectivity index (χ2n) is 4.77. The van der Waals surface area contributed by atoms with Crippen LogP contribution in [0.1, 0.15) is 6.92 Å². The molecule has 0 aliphatic rings. The van der Waals surface area contributed by atoms with Gasteiger partial charge in [-0.25, -0.2) is 0 Å². The van der Waals surface area contributed by atoms with E-state index in [4.69, 9.17) is 21.1 Å². The van der Waals surface area contributed by atoms with Gasteiger partial charge < -0.3 is 14.8 Å². The number of carbonyl (C=O) groups excluding carboxylic acids is 1. The molecule has 2 aromatic rings. The second kappa shape index (κ2) is 8.13. The van der Waals surface area contributed by atoms with E-state index >= 15 is 0 Å². The van der Waals surface area contributed by atoms with Crippen molar-refractivity contribution in [3.8, 4) is 11.5 Å². The number of methoxy groups -OCH3 is 2. The summed E-state index contributed by atoms with van der Waals surface area (Å²) in [6, 6.07) is 12.7. The first-order valence-electron chi connectivity index (χ1n) is 6.98. The molecule has 0 radical (unpaired) electrons. The van der Waals surface area contributed by atoms with Crippen LogP contribution in [-0.4, -0.2) is 25.4 Å². The van der Waals surface area contributed by atoms with Crippen LogP contribution in [0.25, 0.3) is 0 Å². The second-order valence-corrected chi connectivity index (χ2v) is 6.62. The molecule has 2 rings (SSSR count). The molecule has 122 valence electrons. The molecule has 0 aliphatic heterocycles. The number of hydrogen-bond donors (Lipinski definition) is 1. The van der Waals surface area contributed by atoms with Crippen molar-refractivity contribution in [2.45, 2.75) is 17.1 Å². The molecular formula is C17H18ClNO3S. The van der Waals surface area contributed by atoms with Crippen molar-refractivity contribution in [2.24, 2.45) is 0 Å². The third kappa shape index (κ3) is 4.81. The molecule has 1 atom stereocenters. The Kier molecular flexibility index (Phi) is 6.19. The number of rotatable bonds is 6. The third-order valence-corrected chi connectivity index (χ3v) is 4.51. The van der Waals surface area contributed by atoms with E-state index in [0.29, 0.717) is 22.2 Å². The molecule has 0 saturated heterocycles. The first-order chi connectivity index (χ1) is 11.0. The monoisotopic (exact) mass is 351 g/mol. The van der Waals surface area contributed by atoms with Gasteiger partial charge in [0.1, 0.15) is 0 Å². The first kappa shape index (κ1) is 17.5. The van der Waals surface area contributed by atoms with Gasteiger partial charge in [0.05, 0.1) is 19.5 Å². The van der Waals surface area contributed by atoms with E-state index in [1.165, 1.54) is 11.8 Å². The first-order valence-corrected chi connectivity index (χ1v) is 8.24. The van der Waals surface area contributed by atoms with Gasteiger partial charge in [-0.15, -0.1) is 11.8 Å². The maximum Gasteiger partial charge on any atom is 0.237 e. The SMILES string of the molecule is COc1ccc(NC(=O)C(C)Sc2ccc(Cl)cc2)cc1OC. The molecular weight excluding hydrogens is 334 g/mol. The van der Waals surface area contributed by atoms with Crippen LogP contribution in [0.5, 0.6) is 11.5 Å². The standard InChI is InChI=1S/C17H18ClNO3S/c1-11(23-14-7-4-12(18)5-8-14)17(20)19-13-6-9-15(21-2)16(10-13)22-3/h4-11H,1-3H3,(H,19,20). The number of anilines is 1. The van der Waals surface area contributed by atoms with Crippen molar-refractivity contribution in [1.29, 1.82) is 0 Å². The molecule has 1 unspecified atom stereocenters. The summed E-state index contributed by atoms with van der Waals surface area (Å²) in [6.07, 6.45) is 0. The highest BCUT2D eigenvalue weighted by molar-refractivity contribution is 8.00. The van der Waals surface area contributed by atoms with Gasteiger partial charge in [-0.1, -0.05) is 11.6 Å². The number of carbonyl (C=O) groups is 1.